The van der Waals surface area contributed by atoms with Crippen LogP contribution in [0.25, 0.3) is 0 Å². The van der Waals surface area contributed by atoms with Crippen molar-refractivity contribution in [2.24, 2.45) is 0 Å². The van der Waals surface area contributed by atoms with Crippen molar-refractivity contribution in [2.45, 2.75) is 33.5 Å². The van der Waals surface area contributed by atoms with Gasteiger partial charge in [0, 0.05) is 19.4 Å². The van der Waals surface area contributed by atoms with E-state index in [4.69, 9.17) is 14.2 Å². The van der Waals surface area contributed by atoms with Gasteiger partial charge in [-0.3, -0.25) is 0 Å². The second-order valence-electron chi connectivity index (χ2n) is 5.25. The van der Waals surface area contributed by atoms with Crippen molar-refractivity contribution < 1.29 is 19.0 Å². The second-order valence-corrected chi connectivity index (χ2v) is 5.25. The number of hydrogen-bond acceptors (Lipinski definition) is 4. The summed E-state index contributed by atoms with van der Waals surface area (Å²) in [5.41, 5.74) is 2.06. The smallest absolute Gasteiger partial charge is 0.353 e. The van der Waals surface area contributed by atoms with E-state index in [1.807, 2.05) is 25.1 Å². The van der Waals surface area contributed by atoms with Crippen molar-refractivity contribution in [1.82, 2.24) is 0 Å². The van der Waals surface area contributed by atoms with Gasteiger partial charge in [0.25, 0.3) is 0 Å². The Morgan fingerprint density at radius 3 is 2.43 bits per heavy atom. The fraction of sp³-hybridized carbons (Fsp3) is 0.353. The molecule has 0 amide bonds. The molecule has 1 aromatic carbocycles. The molecule has 21 heavy (non-hydrogen) atoms. The van der Waals surface area contributed by atoms with Crippen LogP contribution < -0.4 is 4.74 Å². The highest BCUT2D eigenvalue weighted by atomic mass is 16.7. The number of benzene rings is 1. The van der Waals surface area contributed by atoms with Crippen LogP contribution in [0.1, 0.15) is 31.9 Å². The van der Waals surface area contributed by atoms with Crippen molar-refractivity contribution >= 4 is 5.97 Å². The molecule has 0 N–H and O–H groups in total. The van der Waals surface area contributed by atoms with Gasteiger partial charge in [0.1, 0.15) is 17.1 Å². The Labute approximate surface area is 124 Å². The van der Waals surface area contributed by atoms with Gasteiger partial charge in [-0.05, 0) is 37.6 Å². The van der Waals surface area contributed by atoms with Crippen LogP contribution in [0.2, 0.25) is 0 Å². The lowest BCUT2D eigenvalue weighted by atomic mass is 10.1. The number of esters is 1. The lowest BCUT2D eigenvalue weighted by molar-refractivity contribution is -0.206. The number of ether oxygens (including phenoxy) is 3. The molecule has 0 fully saturated rings. The molecule has 0 radical (unpaired) electrons. The van der Waals surface area contributed by atoms with Crippen LogP contribution in [0.4, 0.5) is 0 Å². The zero-order chi connectivity index (χ0) is 15.6. The van der Waals surface area contributed by atoms with E-state index in [0.29, 0.717) is 5.76 Å². The minimum absolute atomic E-state index is 0.254. The molecule has 0 bridgehead atoms. The Balaban J connectivity index is 2.33. The first-order valence-electron chi connectivity index (χ1n) is 6.62. The molecular formula is C17H18O4. The quantitative estimate of drug-likeness (QED) is 0.588. The molecule has 1 aliphatic heterocycles. The zero-order valence-corrected chi connectivity index (χ0v) is 12.9. The van der Waals surface area contributed by atoms with Crippen molar-refractivity contribution in [3.05, 3.63) is 40.7 Å². The summed E-state index contributed by atoms with van der Waals surface area (Å²) in [7, 11) is 1.62. The van der Waals surface area contributed by atoms with Gasteiger partial charge in [-0.25, -0.2) is 4.79 Å². The van der Waals surface area contributed by atoms with E-state index >= 15 is 0 Å². The SMILES string of the molecule is COc1ccc(C#CC2=C(C)OC(C)(C)OC2=O)c(C)c1. The molecule has 1 aliphatic rings. The Bertz CT molecular complexity index is 672. The molecule has 4 heteroatoms. The minimum Gasteiger partial charge on any atom is -0.497 e. The number of aryl methyl sites for hydroxylation is 1. The van der Waals surface area contributed by atoms with Gasteiger partial charge in [-0.2, -0.15) is 0 Å². The molecule has 0 atom stereocenters. The van der Waals surface area contributed by atoms with E-state index in [2.05, 4.69) is 11.8 Å². The molecular weight excluding hydrogens is 268 g/mol. The molecule has 2 rings (SSSR count). The van der Waals surface area contributed by atoms with E-state index in [0.717, 1.165) is 16.9 Å². The third-order valence-electron chi connectivity index (χ3n) is 3.05. The Hall–Kier alpha value is -2.41. The fourth-order valence-electron chi connectivity index (χ4n) is 2.03. The summed E-state index contributed by atoms with van der Waals surface area (Å²) < 4.78 is 15.8. The maximum Gasteiger partial charge on any atom is 0.353 e. The molecule has 1 heterocycles. The van der Waals surface area contributed by atoms with Crippen LogP contribution in [0.3, 0.4) is 0 Å². The summed E-state index contributed by atoms with van der Waals surface area (Å²) >= 11 is 0. The maximum atomic E-state index is 11.9. The number of rotatable bonds is 1. The first-order valence-corrected chi connectivity index (χ1v) is 6.62. The average molecular weight is 286 g/mol. The van der Waals surface area contributed by atoms with E-state index in [9.17, 15) is 4.79 Å². The van der Waals surface area contributed by atoms with Gasteiger partial charge in [0.2, 0.25) is 5.79 Å². The van der Waals surface area contributed by atoms with Crippen LogP contribution in [0, 0.1) is 18.8 Å². The summed E-state index contributed by atoms with van der Waals surface area (Å²) in [6, 6.07) is 5.58. The molecule has 0 aliphatic carbocycles. The monoisotopic (exact) mass is 286 g/mol. The summed E-state index contributed by atoms with van der Waals surface area (Å²) in [5.74, 6) is 5.68. The van der Waals surface area contributed by atoms with E-state index < -0.39 is 11.8 Å². The summed E-state index contributed by atoms with van der Waals surface area (Å²) in [6.45, 7) is 7.03. The number of carbonyl (C=O) groups excluding carboxylic acids is 1. The van der Waals surface area contributed by atoms with Gasteiger partial charge >= 0.3 is 5.97 Å². The lowest BCUT2D eigenvalue weighted by Crippen LogP contribution is -2.36. The lowest BCUT2D eigenvalue weighted by Gasteiger charge is -2.30. The van der Waals surface area contributed by atoms with Crippen LogP contribution in [0.15, 0.2) is 29.5 Å². The second kappa shape index (κ2) is 5.53. The molecule has 0 saturated heterocycles. The van der Waals surface area contributed by atoms with Crippen molar-refractivity contribution in [3.8, 4) is 17.6 Å². The van der Waals surface area contributed by atoms with Gasteiger partial charge in [-0.1, -0.05) is 11.8 Å². The molecule has 4 nitrogen and oxygen atoms in total. The predicted molar refractivity (Wildman–Crippen MR) is 78.6 cm³/mol. The predicted octanol–water partition coefficient (Wildman–Crippen LogP) is 2.94. The van der Waals surface area contributed by atoms with Gasteiger partial charge in [0.05, 0.1) is 7.11 Å². The Kier molecular flexibility index (Phi) is 3.95. The molecule has 0 unspecified atom stereocenters. The molecule has 0 saturated carbocycles. The number of carbonyl (C=O) groups is 1. The van der Waals surface area contributed by atoms with E-state index in [1.54, 1.807) is 27.9 Å². The number of hydrogen-bond donors (Lipinski definition) is 0. The number of allylic oxidation sites excluding steroid dienone is 1. The fourth-order valence-corrected chi connectivity index (χ4v) is 2.03. The molecule has 0 aromatic heterocycles. The highest BCUT2D eigenvalue weighted by Gasteiger charge is 2.33. The van der Waals surface area contributed by atoms with Gasteiger partial charge in [-0.15, -0.1) is 0 Å². The first-order chi connectivity index (χ1) is 9.82. The standard InChI is InChI=1S/C17H18O4/c1-11-10-14(19-5)8-6-13(11)7-9-15-12(2)20-17(3,4)21-16(15)18/h6,8,10H,1-5H3. The van der Waals surface area contributed by atoms with Crippen LogP contribution in [-0.4, -0.2) is 18.9 Å². The normalized spacial score (nSPS) is 16.5. The molecule has 1 aromatic rings. The first kappa shape index (κ1) is 15.0. The Morgan fingerprint density at radius 1 is 1.14 bits per heavy atom. The Morgan fingerprint density at radius 2 is 1.86 bits per heavy atom. The number of cyclic esters (lactones) is 1. The number of methoxy groups -OCH3 is 1. The topological polar surface area (TPSA) is 44.8 Å². The van der Waals surface area contributed by atoms with Crippen LogP contribution in [-0.2, 0) is 14.3 Å². The molecule has 110 valence electrons. The third-order valence-corrected chi connectivity index (χ3v) is 3.05. The van der Waals surface area contributed by atoms with Crippen molar-refractivity contribution in [2.75, 3.05) is 7.11 Å². The van der Waals surface area contributed by atoms with Crippen LogP contribution >= 0.6 is 0 Å². The van der Waals surface area contributed by atoms with E-state index in [1.165, 1.54) is 0 Å². The summed E-state index contributed by atoms with van der Waals surface area (Å²) in [4.78, 5) is 11.9. The van der Waals surface area contributed by atoms with Crippen molar-refractivity contribution in [3.63, 3.8) is 0 Å². The van der Waals surface area contributed by atoms with Gasteiger partial charge < -0.3 is 14.2 Å². The zero-order valence-electron chi connectivity index (χ0n) is 12.9. The van der Waals surface area contributed by atoms with Crippen molar-refractivity contribution in [1.29, 1.82) is 0 Å². The largest absolute Gasteiger partial charge is 0.497 e. The highest BCUT2D eigenvalue weighted by Crippen LogP contribution is 2.26. The van der Waals surface area contributed by atoms with Gasteiger partial charge in [0.15, 0.2) is 0 Å². The van der Waals surface area contributed by atoms with E-state index in [-0.39, 0.29) is 5.57 Å². The third kappa shape index (κ3) is 3.38. The minimum atomic E-state index is -0.942. The summed E-state index contributed by atoms with van der Waals surface area (Å²) in [5, 5.41) is 0. The average Bonchev–Trinajstić information content (AvgIpc) is 2.37. The molecule has 0 spiro atoms. The van der Waals surface area contributed by atoms with Crippen LogP contribution in [0.5, 0.6) is 5.75 Å². The highest BCUT2D eigenvalue weighted by molar-refractivity contribution is 5.95. The summed E-state index contributed by atoms with van der Waals surface area (Å²) in [6.07, 6.45) is 0. The maximum absolute atomic E-state index is 11.9.